The molecule has 10 nitrogen and oxygen atoms in total. The Labute approximate surface area is 232 Å². The Morgan fingerprint density at radius 1 is 0.850 bits per heavy atom. The van der Waals surface area contributed by atoms with Gasteiger partial charge in [-0.2, -0.15) is 15.3 Å². The molecular weight excluding hydrogens is 504 g/mol. The first-order chi connectivity index (χ1) is 19.3. The van der Waals surface area contributed by atoms with Crippen molar-refractivity contribution in [1.29, 1.82) is 0 Å². The second-order valence-electron chi connectivity index (χ2n) is 12.1. The number of nitrogens with one attached hydrogen (secondary N) is 2. The van der Waals surface area contributed by atoms with E-state index in [1.54, 1.807) is 17.9 Å². The Morgan fingerprint density at radius 3 is 2.08 bits per heavy atom. The molecule has 4 aliphatic rings. The number of hydrogen-bond acceptors (Lipinski definition) is 5. The van der Waals surface area contributed by atoms with Crippen molar-refractivity contribution in [2.24, 2.45) is 31.8 Å². The molecule has 4 saturated carbocycles. The van der Waals surface area contributed by atoms with Crippen LogP contribution in [0.4, 0.5) is 11.4 Å². The summed E-state index contributed by atoms with van der Waals surface area (Å²) in [7, 11) is 3.51. The fraction of sp³-hybridized carbons (Fsp3) is 0.433. The highest BCUT2D eigenvalue weighted by atomic mass is 16.2. The number of aromatic nitrogens is 6. The summed E-state index contributed by atoms with van der Waals surface area (Å²) in [5, 5.41) is 19.5. The lowest BCUT2D eigenvalue weighted by molar-refractivity contribution is -0.00765. The number of hydrogen-bond donors (Lipinski definition) is 2. The van der Waals surface area contributed by atoms with Crippen molar-refractivity contribution in [2.75, 3.05) is 10.6 Å². The number of benzene rings is 1. The Hall–Kier alpha value is -4.21. The van der Waals surface area contributed by atoms with Crippen LogP contribution in [0.15, 0.2) is 48.9 Å². The van der Waals surface area contributed by atoms with Gasteiger partial charge in [0, 0.05) is 25.7 Å². The molecular formula is C30H34N8O2. The lowest BCUT2D eigenvalue weighted by Gasteiger charge is -2.56. The third kappa shape index (κ3) is 4.04. The average molecular weight is 539 g/mol. The van der Waals surface area contributed by atoms with E-state index in [2.05, 4.69) is 20.8 Å². The fourth-order valence-electron chi connectivity index (χ4n) is 7.84. The van der Waals surface area contributed by atoms with E-state index < -0.39 is 0 Å². The number of carbonyl (C=O) groups excluding carboxylic acids is 2. The highest BCUT2D eigenvalue weighted by molar-refractivity contribution is 6.12. The summed E-state index contributed by atoms with van der Waals surface area (Å²) in [6.45, 7) is 1.88. The van der Waals surface area contributed by atoms with Crippen molar-refractivity contribution in [3.05, 3.63) is 71.6 Å². The van der Waals surface area contributed by atoms with Crippen LogP contribution in [0.3, 0.4) is 0 Å². The van der Waals surface area contributed by atoms with Crippen LogP contribution >= 0.6 is 0 Å². The van der Waals surface area contributed by atoms with Crippen molar-refractivity contribution in [3.8, 4) is 5.69 Å². The van der Waals surface area contributed by atoms with Crippen LogP contribution < -0.4 is 10.6 Å². The van der Waals surface area contributed by atoms with Gasteiger partial charge in [-0.05, 0) is 75.3 Å². The van der Waals surface area contributed by atoms with E-state index in [-0.39, 0.29) is 22.9 Å². The van der Waals surface area contributed by atoms with Crippen LogP contribution in [-0.4, -0.2) is 41.2 Å². The quantitative estimate of drug-likeness (QED) is 0.372. The first-order valence-electron chi connectivity index (χ1n) is 14.1. The van der Waals surface area contributed by atoms with Gasteiger partial charge in [-0.15, -0.1) is 0 Å². The molecule has 0 unspecified atom stereocenters. The lowest BCUT2D eigenvalue weighted by atomic mass is 9.48. The summed E-state index contributed by atoms with van der Waals surface area (Å²) in [5.74, 6) is 1.51. The Kier molecular flexibility index (Phi) is 5.69. The normalized spacial score (nSPS) is 24.8. The third-order valence-electron chi connectivity index (χ3n) is 9.41. The first kappa shape index (κ1) is 24.8. The van der Waals surface area contributed by atoms with Crippen molar-refractivity contribution in [3.63, 3.8) is 0 Å². The van der Waals surface area contributed by atoms with E-state index in [1.165, 1.54) is 30.1 Å². The van der Waals surface area contributed by atoms with Gasteiger partial charge in [-0.25, -0.2) is 4.68 Å². The van der Waals surface area contributed by atoms with Gasteiger partial charge in [0.05, 0.1) is 46.4 Å². The second kappa shape index (κ2) is 9.18. The standard InChI is InChI=1S/C30H34N8O2/c1-18-24(15-31-36(18)2)33-29(40)26-25(16-32-37(26)3)34-28(39)23-17-38(22-7-5-4-6-8-22)35-27(23)30-12-19-9-20(13-30)11-21(10-19)14-30/h4-8,15-17,19-21H,9-14H2,1-3H3,(H,33,40)(H,34,39). The molecule has 0 atom stereocenters. The number of para-hydroxylation sites is 1. The smallest absolute Gasteiger partial charge is 0.276 e. The van der Waals surface area contributed by atoms with Crippen LogP contribution in [0.2, 0.25) is 0 Å². The van der Waals surface area contributed by atoms with E-state index in [4.69, 9.17) is 5.10 Å². The predicted molar refractivity (Wildman–Crippen MR) is 150 cm³/mol. The van der Waals surface area contributed by atoms with Crippen molar-refractivity contribution < 1.29 is 9.59 Å². The molecule has 8 rings (SSSR count). The zero-order valence-electron chi connectivity index (χ0n) is 23.1. The lowest BCUT2D eigenvalue weighted by Crippen LogP contribution is -2.49. The Morgan fingerprint density at radius 2 is 1.45 bits per heavy atom. The summed E-state index contributed by atoms with van der Waals surface area (Å²) >= 11 is 0. The largest absolute Gasteiger partial charge is 0.318 e. The molecule has 1 aromatic carbocycles. The van der Waals surface area contributed by atoms with Gasteiger partial charge in [0.15, 0.2) is 0 Å². The average Bonchev–Trinajstić information content (AvgIpc) is 3.62. The number of aryl methyl sites for hydroxylation is 2. The van der Waals surface area contributed by atoms with E-state index >= 15 is 0 Å². The van der Waals surface area contributed by atoms with E-state index in [1.807, 2.05) is 55.2 Å². The summed E-state index contributed by atoms with van der Waals surface area (Å²) < 4.78 is 5.01. The van der Waals surface area contributed by atoms with Gasteiger partial charge in [0.1, 0.15) is 5.69 Å². The van der Waals surface area contributed by atoms with Crippen LogP contribution in [0.5, 0.6) is 0 Å². The topological polar surface area (TPSA) is 112 Å². The molecule has 0 spiro atoms. The molecule has 4 fully saturated rings. The molecule has 0 aliphatic heterocycles. The predicted octanol–water partition coefficient (Wildman–Crippen LogP) is 4.62. The van der Waals surface area contributed by atoms with Gasteiger partial charge in [0.25, 0.3) is 11.8 Å². The maximum absolute atomic E-state index is 14.0. The SMILES string of the molecule is Cc1c(NC(=O)c2c(NC(=O)c3cn(-c4ccccc4)nc3C34CC5CC(CC(C5)C3)C4)cnn2C)cnn1C. The van der Waals surface area contributed by atoms with Crippen molar-refractivity contribution in [2.45, 2.75) is 50.9 Å². The molecule has 4 aromatic rings. The van der Waals surface area contributed by atoms with E-state index in [9.17, 15) is 9.59 Å². The molecule has 3 aromatic heterocycles. The molecule has 206 valence electrons. The zero-order chi connectivity index (χ0) is 27.6. The Balaban J connectivity index is 1.23. The molecule has 2 N–H and O–H groups in total. The highest BCUT2D eigenvalue weighted by Gasteiger charge is 2.54. The summed E-state index contributed by atoms with van der Waals surface area (Å²) in [6.07, 6.45) is 12.2. The Bertz CT molecular complexity index is 1580. The molecule has 0 saturated heterocycles. The van der Waals surface area contributed by atoms with Crippen LogP contribution in [0.25, 0.3) is 5.69 Å². The third-order valence-corrected chi connectivity index (χ3v) is 9.41. The minimum absolute atomic E-state index is 0.0750. The molecule has 10 heteroatoms. The summed E-state index contributed by atoms with van der Waals surface area (Å²) in [5.41, 5.74) is 4.38. The van der Waals surface area contributed by atoms with E-state index in [0.29, 0.717) is 34.7 Å². The highest BCUT2D eigenvalue weighted by Crippen LogP contribution is 2.61. The van der Waals surface area contributed by atoms with Gasteiger partial charge in [0.2, 0.25) is 0 Å². The monoisotopic (exact) mass is 538 g/mol. The van der Waals surface area contributed by atoms with Crippen molar-refractivity contribution >= 4 is 23.2 Å². The maximum atomic E-state index is 14.0. The summed E-state index contributed by atoms with van der Waals surface area (Å²) in [4.78, 5) is 27.3. The summed E-state index contributed by atoms with van der Waals surface area (Å²) in [6, 6.07) is 9.93. The number of anilines is 2. The fourth-order valence-corrected chi connectivity index (χ4v) is 7.84. The second-order valence-corrected chi connectivity index (χ2v) is 12.1. The van der Waals surface area contributed by atoms with Crippen molar-refractivity contribution in [1.82, 2.24) is 29.3 Å². The molecule has 4 bridgehead atoms. The molecule has 40 heavy (non-hydrogen) atoms. The van der Waals surface area contributed by atoms with Gasteiger partial charge >= 0.3 is 0 Å². The van der Waals surface area contributed by atoms with Crippen LogP contribution in [0.1, 0.15) is 70.8 Å². The minimum Gasteiger partial charge on any atom is -0.318 e. The maximum Gasteiger partial charge on any atom is 0.276 e. The van der Waals surface area contributed by atoms with Gasteiger partial charge in [-0.3, -0.25) is 19.0 Å². The first-order valence-corrected chi connectivity index (χ1v) is 14.1. The minimum atomic E-state index is -0.368. The molecule has 2 amide bonds. The number of carbonyl (C=O) groups is 2. The molecule has 4 aliphatic carbocycles. The number of rotatable bonds is 6. The number of nitrogens with zero attached hydrogens (tertiary/aromatic N) is 6. The molecule has 0 radical (unpaired) electrons. The molecule has 3 heterocycles. The van der Waals surface area contributed by atoms with Gasteiger partial charge in [-0.1, -0.05) is 18.2 Å². The van der Waals surface area contributed by atoms with Crippen LogP contribution in [-0.2, 0) is 19.5 Å². The van der Waals surface area contributed by atoms with Gasteiger partial charge < -0.3 is 10.6 Å². The number of amides is 2. The zero-order valence-corrected chi connectivity index (χ0v) is 23.1. The van der Waals surface area contributed by atoms with Crippen LogP contribution in [0, 0.1) is 24.7 Å². The van der Waals surface area contributed by atoms with E-state index in [0.717, 1.165) is 36.3 Å².